The molecule has 0 spiro atoms. The number of anilines is 3. The summed E-state index contributed by atoms with van der Waals surface area (Å²) in [4.78, 5) is 2.39. The Morgan fingerprint density at radius 2 is 0.968 bits per heavy atom. The average molecular weight is 803 g/mol. The lowest BCUT2D eigenvalue weighted by molar-refractivity contribution is 0.670. The molecular weight excluding hydrogens is 765 g/mol. The Bertz CT molecular complexity index is 3660. The molecule has 0 aliphatic heterocycles. The molecule has 0 radical (unpaired) electrons. The van der Waals surface area contributed by atoms with Gasteiger partial charge in [0.2, 0.25) is 0 Å². The highest BCUT2D eigenvalue weighted by atomic mass is 16.3. The van der Waals surface area contributed by atoms with E-state index in [9.17, 15) is 0 Å². The number of benzene rings is 9. The van der Waals surface area contributed by atoms with Gasteiger partial charge in [-0.2, -0.15) is 0 Å². The second-order valence-corrected chi connectivity index (χ2v) is 15.9. The molecule has 11 aromatic rings. The van der Waals surface area contributed by atoms with Crippen LogP contribution in [0.4, 0.5) is 17.1 Å². The predicted octanol–water partition coefficient (Wildman–Crippen LogP) is 16.4. The Hall–Kier alpha value is -8.58. The maximum atomic E-state index is 6.57. The van der Waals surface area contributed by atoms with E-state index in [1.165, 1.54) is 21.9 Å². The predicted molar refractivity (Wildman–Crippen MR) is 263 cm³/mol. The van der Waals surface area contributed by atoms with E-state index in [1.54, 1.807) is 0 Å². The summed E-state index contributed by atoms with van der Waals surface area (Å²) < 4.78 is 8.94. The van der Waals surface area contributed by atoms with Gasteiger partial charge in [0.15, 0.2) is 0 Å². The molecule has 0 saturated heterocycles. The van der Waals surface area contributed by atoms with Gasteiger partial charge in [-0.1, -0.05) is 175 Å². The first-order chi connectivity index (χ1) is 31.3. The monoisotopic (exact) mass is 802 g/mol. The molecule has 1 aliphatic carbocycles. The van der Waals surface area contributed by atoms with Crippen molar-refractivity contribution >= 4 is 72.1 Å². The zero-order valence-corrected chi connectivity index (χ0v) is 34.2. The van der Waals surface area contributed by atoms with Gasteiger partial charge < -0.3 is 13.9 Å². The highest BCUT2D eigenvalue weighted by molar-refractivity contribution is 6.14. The summed E-state index contributed by atoms with van der Waals surface area (Å²) in [6, 6.07) is 77.9. The van der Waals surface area contributed by atoms with E-state index in [0.29, 0.717) is 0 Å². The van der Waals surface area contributed by atoms with Crippen LogP contribution in [0.2, 0.25) is 0 Å². The van der Waals surface area contributed by atoms with Crippen molar-refractivity contribution < 1.29 is 4.42 Å². The molecule has 0 fully saturated rings. The molecule has 12 rings (SSSR count). The maximum Gasteiger partial charge on any atom is 0.143 e. The molecule has 9 aromatic carbocycles. The quantitative estimate of drug-likeness (QED) is 0.143. The van der Waals surface area contributed by atoms with Crippen LogP contribution in [0.1, 0.15) is 5.56 Å². The summed E-state index contributed by atoms with van der Waals surface area (Å²) in [5.74, 6) is 0. The molecular formula is C60H38N2O. The minimum absolute atomic E-state index is 0.885. The Kier molecular flexibility index (Phi) is 8.73. The fourth-order valence-corrected chi connectivity index (χ4v) is 9.39. The van der Waals surface area contributed by atoms with Gasteiger partial charge in [-0.25, -0.2) is 0 Å². The van der Waals surface area contributed by atoms with Crippen molar-refractivity contribution in [3.05, 3.63) is 248 Å². The molecule has 294 valence electrons. The van der Waals surface area contributed by atoms with Gasteiger partial charge in [0, 0.05) is 44.0 Å². The van der Waals surface area contributed by atoms with Crippen LogP contribution < -0.4 is 4.90 Å². The van der Waals surface area contributed by atoms with Gasteiger partial charge in [-0.05, 0) is 94.6 Å². The number of hydrogen-bond donors (Lipinski definition) is 0. The SMILES string of the molecule is C1=C=C(c2cccc(N(c3cccc(-c4cccc5c4oc4ccccc45)c3)c3ccccc3-c3cccc(-c4ccccc4)c3)c2)C(n2c3ccccc3c3ccccc32)=CC=1. The molecule has 2 aromatic heterocycles. The molecule has 0 bridgehead atoms. The van der Waals surface area contributed by atoms with Crippen LogP contribution in [0.25, 0.3) is 88.4 Å². The van der Waals surface area contributed by atoms with Gasteiger partial charge in [0.1, 0.15) is 11.2 Å². The van der Waals surface area contributed by atoms with E-state index < -0.39 is 0 Å². The molecule has 0 amide bonds. The number of rotatable bonds is 8. The first-order valence-electron chi connectivity index (χ1n) is 21.3. The summed E-state index contributed by atoms with van der Waals surface area (Å²) in [6.45, 7) is 0. The van der Waals surface area contributed by atoms with Crippen molar-refractivity contribution in [1.82, 2.24) is 4.57 Å². The van der Waals surface area contributed by atoms with Crippen molar-refractivity contribution in [3.8, 4) is 33.4 Å². The highest BCUT2D eigenvalue weighted by Crippen LogP contribution is 2.45. The van der Waals surface area contributed by atoms with Gasteiger partial charge in [-0.3, -0.25) is 0 Å². The lowest BCUT2D eigenvalue weighted by Crippen LogP contribution is -2.12. The van der Waals surface area contributed by atoms with Crippen LogP contribution in [-0.2, 0) is 0 Å². The topological polar surface area (TPSA) is 21.3 Å². The first-order valence-corrected chi connectivity index (χ1v) is 21.3. The summed E-state index contributed by atoms with van der Waals surface area (Å²) in [5, 5.41) is 4.67. The summed E-state index contributed by atoms with van der Waals surface area (Å²) in [5.41, 5.74) is 23.8. The van der Waals surface area contributed by atoms with Crippen molar-refractivity contribution in [2.24, 2.45) is 0 Å². The molecule has 3 heteroatoms. The highest BCUT2D eigenvalue weighted by Gasteiger charge is 2.22. The Labute approximate surface area is 365 Å². The number of furan rings is 1. The minimum Gasteiger partial charge on any atom is -0.455 e. The third-order valence-electron chi connectivity index (χ3n) is 12.2. The second kappa shape index (κ2) is 15.2. The zero-order chi connectivity index (χ0) is 41.7. The number of para-hydroxylation sites is 5. The summed E-state index contributed by atoms with van der Waals surface area (Å²) in [6.07, 6.45) is 4.12. The van der Waals surface area contributed by atoms with E-state index in [4.69, 9.17) is 4.42 Å². The lowest BCUT2D eigenvalue weighted by Gasteiger charge is -2.29. The summed E-state index contributed by atoms with van der Waals surface area (Å²) in [7, 11) is 0. The van der Waals surface area contributed by atoms with Crippen LogP contribution in [0.5, 0.6) is 0 Å². The van der Waals surface area contributed by atoms with Crippen LogP contribution >= 0.6 is 0 Å². The largest absolute Gasteiger partial charge is 0.455 e. The average Bonchev–Trinajstić information content (AvgIpc) is 3.91. The molecule has 2 heterocycles. The number of aromatic nitrogens is 1. The van der Waals surface area contributed by atoms with Crippen LogP contribution in [0, 0.1) is 0 Å². The molecule has 0 unspecified atom stereocenters. The van der Waals surface area contributed by atoms with E-state index >= 15 is 0 Å². The molecule has 1 aliphatic rings. The van der Waals surface area contributed by atoms with E-state index in [0.717, 1.165) is 89.1 Å². The van der Waals surface area contributed by atoms with Gasteiger partial charge in [0.25, 0.3) is 0 Å². The molecule has 0 saturated carbocycles. The Morgan fingerprint density at radius 1 is 0.413 bits per heavy atom. The molecule has 3 nitrogen and oxygen atoms in total. The van der Waals surface area contributed by atoms with Crippen molar-refractivity contribution in [3.63, 3.8) is 0 Å². The molecule has 63 heavy (non-hydrogen) atoms. The fraction of sp³-hybridized carbons (Fsp3) is 0. The normalized spacial score (nSPS) is 12.3. The van der Waals surface area contributed by atoms with Crippen molar-refractivity contribution in [2.45, 2.75) is 0 Å². The van der Waals surface area contributed by atoms with Gasteiger partial charge in [0.05, 0.1) is 28.0 Å². The summed E-state index contributed by atoms with van der Waals surface area (Å²) >= 11 is 0. The third kappa shape index (κ3) is 6.24. The number of nitrogens with zero attached hydrogens (tertiary/aromatic N) is 2. The Morgan fingerprint density at radius 3 is 1.76 bits per heavy atom. The van der Waals surface area contributed by atoms with E-state index in [1.807, 2.05) is 18.2 Å². The van der Waals surface area contributed by atoms with Gasteiger partial charge in [-0.15, -0.1) is 0 Å². The molecule has 0 atom stereocenters. The van der Waals surface area contributed by atoms with E-state index in [2.05, 4.69) is 233 Å². The van der Waals surface area contributed by atoms with Crippen LogP contribution in [0.15, 0.2) is 246 Å². The second-order valence-electron chi connectivity index (χ2n) is 15.9. The number of fused-ring (bicyclic) bond motifs is 6. The van der Waals surface area contributed by atoms with Crippen LogP contribution in [0.3, 0.4) is 0 Å². The van der Waals surface area contributed by atoms with Crippen molar-refractivity contribution in [1.29, 1.82) is 0 Å². The van der Waals surface area contributed by atoms with Crippen molar-refractivity contribution in [2.75, 3.05) is 4.90 Å². The Balaban J connectivity index is 1.04. The third-order valence-corrected chi connectivity index (χ3v) is 12.2. The minimum atomic E-state index is 0.885. The standard InChI is InChI=1S/C60H38N2O/c1-2-18-41(19-3-1)42-20-14-21-43(38-42)48-26-4-9-33-55(48)61(47-25-16-23-45(40-47)50-31-17-32-54-53-30-8-13-37-59(53)63-60(50)54)46-24-15-22-44(39-46)49-27-5-10-34-56(49)62-57-35-11-6-28-51(57)52-29-7-12-36-58(52)62/h1-4,6-26,28-40H. The first kappa shape index (κ1) is 36.3. The fourth-order valence-electron chi connectivity index (χ4n) is 9.39. The number of allylic oxidation sites excluding steroid dienone is 4. The number of hydrogen-bond acceptors (Lipinski definition) is 2. The van der Waals surface area contributed by atoms with Gasteiger partial charge >= 0.3 is 0 Å². The molecule has 0 N–H and O–H groups in total. The lowest BCUT2D eigenvalue weighted by atomic mass is 9.96. The maximum absolute atomic E-state index is 6.57. The van der Waals surface area contributed by atoms with E-state index in [-0.39, 0.29) is 0 Å². The smallest absolute Gasteiger partial charge is 0.143 e. The van der Waals surface area contributed by atoms with Crippen LogP contribution in [-0.4, -0.2) is 4.57 Å². The zero-order valence-electron chi connectivity index (χ0n) is 34.2.